The van der Waals surface area contributed by atoms with Crippen molar-refractivity contribution in [1.29, 1.82) is 0 Å². The van der Waals surface area contributed by atoms with Crippen LogP contribution in [0, 0.1) is 6.92 Å². The van der Waals surface area contributed by atoms with Crippen LogP contribution in [0.2, 0.25) is 10.0 Å². The predicted octanol–water partition coefficient (Wildman–Crippen LogP) is 5.30. The normalized spacial score (nSPS) is 17.4. The van der Waals surface area contributed by atoms with Crippen molar-refractivity contribution in [2.24, 2.45) is 5.16 Å². The summed E-state index contributed by atoms with van der Waals surface area (Å²) in [7, 11) is 0. The largest absolute Gasteiger partial charge is 0.371 e. The quantitative estimate of drug-likeness (QED) is 0.499. The molecular weight excluding hydrogens is 403 g/mol. The van der Waals surface area contributed by atoms with Gasteiger partial charge in [-0.25, -0.2) is 4.79 Å². The standard InChI is InChI=1S/C16H14Cl2N2O3S2/c1-8-13(16(21)23-19-10-6-24-9(2)25-7-10)15(20-22-8)14-11(17)4-3-5-12(14)18/h3-5,9H,6-7H2,1-2H3. The van der Waals surface area contributed by atoms with Gasteiger partial charge in [-0.05, 0) is 26.0 Å². The van der Waals surface area contributed by atoms with Crippen LogP contribution in [0.15, 0.2) is 27.9 Å². The molecule has 1 aliphatic rings. The summed E-state index contributed by atoms with van der Waals surface area (Å²) in [6.07, 6.45) is 0. The first kappa shape index (κ1) is 18.6. The Morgan fingerprint density at radius 2 is 1.96 bits per heavy atom. The third kappa shape index (κ3) is 4.16. The van der Waals surface area contributed by atoms with Gasteiger partial charge in [-0.15, -0.1) is 23.5 Å². The molecule has 0 bridgehead atoms. The first-order valence-corrected chi connectivity index (χ1v) is 10.2. The number of hydrogen-bond acceptors (Lipinski definition) is 7. The van der Waals surface area contributed by atoms with Crippen LogP contribution < -0.4 is 0 Å². The number of benzene rings is 1. The zero-order valence-electron chi connectivity index (χ0n) is 13.4. The Hall–Kier alpha value is -1.15. The molecule has 0 atom stereocenters. The number of hydrogen-bond donors (Lipinski definition) is 0. The Morgan fingerprint density at radius 3 is 2.60 bits per heavy atom. The highest BCUT2D eigenvalue weighted by atomic mass is 35.5. The van der Waals surface area contributed by atoms with Crippen LogP contribution in [0.5, 0.6) is 0 Å². The summed E-state index contributed by atoms with van der Waals surface area (Å²) in [5.74, 6) is 1.16. The fourth-order valence-electron chi connectivity index (χ4n) is 2.23. The Morgan fingerprint density at radius 1 is 1.32 bits per heavy atom. The molecule has 1 aromatic heterocycles. The maximum absolute atomic E-state index is 12.5. The number of oxime groups is 1. The van der Waals surface area contributed by atoms with E-state index in [1.807, 2.05) is 0 Å². The molecule has 0 saturated carbocycles. The molecule has 1 saturated heterocycles. The summed E-state index contributed by atoms with van der Waals surface area (Å²) < 4.78 is 5.68. The van der Waals surface area contributed by atoms with E-state index in [2.05, 4.69) is 17.2 Å². The van der Waals surface area contributed by atoms with Crippen LogP contribution in [0.1, 0.15) is 23.0 Å². The van der Waals surface area contributed by atoms with E-state index in [-0.39, 0.29) is 11.3 Å². The van der Waals surface area contributed by atoms with Crippen LogP contribution in [-0.4, -0.2) is 32.9 Å². The van der Waals surface area contributed by atoms with Gasteiger partial charge in [-0.1, -0.05) is 39.6 Å². The second kappa shape index (κ2) is 8.03. The maximum atomic E-state index is 12.5. The zero-order valence-corrected chi connectivity index (χ0v) is 16.6. The van der Waals surface area contributed by atoms with Crippen LogP contribution in [-0.2, 0) is 4.84 Å². The average Bonchev–Trinajstić information content (AvgIpc) is 2.95. The molecule has 132 valence electrons. The third-order valence-corrected chi connectivity index (χ3v) is 6.88. The maximum Gasteiger partial charge on any atom is 0.371 e. The van der Waals surface area contributed by atoms with E-state index in [0.717, 1.165) is 17.2 Å². The highest BCUT2D eigenvalue weighted by Crippen LogP contribution is 2.37. The van der Waals surface area contributed by atoms with Crippen molar-refractivity contribution in [3.05, 3.63) is 39.6 Å². The second-order valence-electron chi connectivity index (χ2n) is 5.28. The smallest absolute Gasteiger partial charge is 0.360 e. The van der Waals surface area contributed by atoms with Crippen molar-refractivity contribution in [2.45, 2.75) is 18.4 Å². The Bertz CT molecular complexity index is 809. The van der Waals surface area contributed by atoms with Gasteiger partial charge in [0.1, 0.15) is 17.0 Å². The van der Waals surface area contributed by atoms with E-state index >= 15 is 0 Å². The summed E-state index contributed by atoms with van der Waals surface area (Å²) in [5.41, 5.74) is 1.68. The molecule has 0 unspecified atom stereocenters. The van der Waals surface area contributed by atoms with Crippen molar-refractivity contribution < 1.29 is 14.2 Å². The molecule has 25 heavy (non-hydrogen) atoms. The lowest BCUT2D eigenvalue weighted by Gasteiger charge is -2.17. The number of thioether (sulfide) groups is 2. The number of carbonyl (C=O) groups is 1. The summed E-state index contributed by atoms with van der Waals surface area (Å²) in [6, 6.07) is 5.05. The topological polar surface area (TPSA) is 64.7 Å². The predicted molar refractivity (Wildman–Crippen MR) is 104 cm³/mol. The van der Waals surface area contributed by atoms with E-state index in [1.54, 1.807) is 48.6 Å². The highest BCUT2D eigenvalue weighted by Gasteiger charge is 2.26. The number of halogens is 2. The van der Waals surface area contributed by atoms with E-state index in [0.29, 0.717) is 26.0 Å². The van der Waals surface area contributed by atoms with Crippen LogP contribution in [0.3, 0.4) is 0 Å². The summed E-state index contributed by atoms with van der Waals surface area (Å²) >= 11 is 15.9. The minimum Gasteiger partial charge on any atom is -0.360 e. The molecule has 2 heterocycles. The van der Waals surface area contributed by atoms with Gasteiger partial charge in [0.25, 0.3) is 0 Å². The van der Waals surface area contributed by atoms with Gasteiger partial charge in [-0.2, -0.15) is 0 Å². The van der Waals surface area contributed by atoms with Gasteiger partial charge < -0.3 is 9.36 Å². The molecule has 1 fully saturated rings. The van der Waals surface area contributed by atoms with Crippen molar-refractivity contribution in [1.82, 2.24) is 5.16 Å². The SMILES string of the molecule is Cc1onc(-c2c(Cl)cccc2Cl)c1C(=O)ON=C1CSC(C)SC1. The first-order chi connectivity index (χ1) is 12.0. The lowest BCUT2D eigenvalue weighted by molar-refractivity contribution is 0.0515. The Balaban J connectivity index is 1.87. The molecule has 0 amide bonds. The lowest BCUT2D eigenvalue weighted by Crippen LogP contribution is -2.17. The van der Waals surface area contributed by atoms with Gasteiger partial charge in [0.05, 0.1) is 15.8 Å². The number of carbonyl (C=O) groups excluding carboxylic acids is 1. The van der Waals surface area contributed by atoms with Crippen molar-refractivity contribution in [3.8, 4) is 11.3 Å². The molecular formula is C16H14Cl2N2O3S2. The van der Waals surface area contributed by atoms with Crippen molar-refractivity contribution >= 4 is 58.4 Å². The van der Waals surface area contributed by atoms with E-state index < -0.39 is 5.97 Å². The number of rotatable bonds is 3. The average molecular weight is 417 g/mol. The zero-order chi connectivity index (χ0) is 18.0. The second-order valence-corrected chi connectivity index (χ2v) is 9.06. The molecule has 9 heteroatoms. The first-order valence-electron chi connectivity index (χ1n) is 7.38. The summed E-state index contributed by atoms with van der Waals surface area (Å²) in [6.45, 7) is 3.76. The van der Waals surface area contributed by atoms with Crippen molar-refractivity contribution in [2.75, 3.05) is 11.5 Å². The van der Waals surface area contributed by atoms with Crippen LogP contribution in [0.4, 0.5) is 0 Å². The monoisotopic (exact) mass is 416 g/mol. The highest BCUT2D eigenvalue weighted by molar-refractivity contribution is 8.18. The molecule has 3 rings (SSSR count). The molecule has 0 spiro atoms. The molecule has 0 N–H and O–H groups in total. The number of aromatic nitrogens is 1. The van der Waals surface area contributed by atoms with Crippen LogP contribution in [0.25, 0.3) is 11.3 Å². The Labute approximate surface area is 163 Å². The number of aryl methyl sites for hydroxylation is 1. The minimum atomic E-state index is -0.647. The van der Waals surface area contributed by atoms with Gasteiger partial charge in [0.15, 0.2) is 0 Å². The summed E-state index contributed by atoms with van der Waals surface area (Å²) in [5, 5.41) is 8.66. The third-order valence-electron chi connectivity index (χ3n) is 3.49. The lowest BCUT2D eigenvalue weighted by atomic mass is 10.1. The van der Waals surface area contributed by atoms with Gasteiger partial charge in [0.2, 0.25) is 0 Å². The van der Waals surface area contributed by atoms with Crippen LogP contribution >= 0.6 is 46.7 Å². The number of nitrogens with zero attached hydrogens (tertiary/aromatic N) is 2. The Kier molecular flexibility index (Phi) is 5.99. The van der Waals surface area contributed by atoms with Gasteiger partial charge >= 0.3 is 5.97 Å². The molecule has 0 aliphatic carbocycles. The molecule has 5 nitrogen and oxygen atoms in total. The van der Waals surface area contributed by atoms with E-state index in [9.17, 15) is 4.79 Å². The van der Waals surface area contributed by atoms with Gasteiger partial charge in [-0.3, -0.25) is 0 Å². The molecule has 1 aromatic carbocycles. The molecule has 0 radical (unpaired) electrons. The van der Waals surface area contributed by atoms with Gasteiger partial charge in [0, 0.05) is 21.7 Å². The molecule has 2 aromatic rings. The minimum absolute atomic E-state index is 0.170. The fraction of sp³-hybridized carbons (Fsp3) is 0.312. The van der Waals surface area contributed by atoms with Crippen molar-refractivity contribution in [3.63, 3.8) is 0 Å². The summed E-state index contributed by atoms with van der Waals surface area (Å²) in [4.78, 5) is 17.6. The fourth-order valence-corrected chi connectivity index (χ4v) is 4.89. The van der Waals surface area contributed by atoms with E-state index in [4.69, 9.17) is 32.6 Å². The molecule has 1 aliphatic heterocycles. The van der Waals surface area contributed by atoms with E-state index in [1.165, 1.54) is 0 Å².